The van der Waals surface area contributed by atoms with E-state index < -0.39 is 17.0 Å². The Morgan fingerprint density at radius 1 is 1.11 bits per heavy atom. The monoisotopic (exact) mass is 244 g/mol. The molecule has 2 aromatic heterocycles. The second kappa shape index (κ2) is 3.46. The smallest absolute Gasteiger partial charge is 0.351 e. The zero-order valence-corrected chi connectivity index (χ0v) is 9.39. The molecule has 1 aromatic carbocycles. The molecule has 0 radical (unpaired) electrons. The zero-order valence-electron chi connectivity index (χ0n) is 9.39. The van der Waals surface area contributed by atoms with Crippen LogP contribution in [-0.2, 0) is 0 Å². The van der Waals surface area contributed by atoms with Gasteiger partial charge in [0.2, 0.25) is 0 Å². The lowest BCUT2D eigenvalue weighted by molar-refractivity contribution is 0.463. The van der Waals surface area contributed by atoms with E-state index in [0.29, 0.717) is 11.0 Å². The Bertz CT molecular complexity index is 885. The highest BCUT2D eigenvalue weighted by Gasteiger charge is 2.14. The SMILES string of the molecule is Cc1ccc2c(c1)oc(=O)c1c(O)cc(=O)oc12. The van der Waals surface area contributed by atoms with Crippen LogP contribution in [0.2, 0.25) is 0 Å². The summed E-state index contributed by atoms with van der Waals surface area (Å²) in [5, 5.41) is 9.98. The van der Waals surface area contributed by atoms with Gasteiger partial charge in [0.05, 0.1) is 11.5 Å². The maximum atomic E-state index is 11.7. The summed E-state index contributed by atoms with van der Waals surface area (Å²) in [5.41, 5.74) is -0.170. The minimum Gasteiger partial charge on any atom is -0.507 e. The fourth-order valence-electron chi connectivity index (χ4n) is 1.92. The number of aromatic hydroxyl groups is 1. The lowest BCUT2D eigenvalue weighted by atomic mass is 10.1. The second-order valence-corrected chi connectivity index (χ2v) is 4.04. The van der Waals surface area contributed by atoms with Gasteiger partial charge < -0.3 is 13.9 Å². The van der Waals surface area contributed by atoms with Crippen LogP contribution in [0.15, 0.2) is 42.7 Å². The summed E-state index contributed by atoms with van der Waals surface area (Å²) < 4.78 is 10.1. The van der Waals surface area contributed by atoms with Gasteiger partial charge in [-0.2, -0.15) is 0 Å². The number of hydrogen-bond donors (Lipinski definition) is 1. The summed E-state index contributed by atoms with van der Waals surface area (Å²) in [4.78, 5) is 23.0. The Labute approximate surface area is 99.9 Å². The predicted molar refractivity (Wildman–Crippen MR) is 64.9 cm³/mol. The molecule has 0 atom stereocenters. The van der Waals surface area contributed by atoms with Gasteiger partial charge in [0.1, 0.15) is 16.7 Å². The Kier molecular flexibility index (Phi) is 2.04. The van der Waals surface area contributed by atoms with Crippen molar-refractivity contribution in [1.82, 2.24) is 0 Å². The molecule has 0 saturated carbocycles. The van der Waals surface area contributed by atoms with E-state index in [1.807, 2.05) is 6.92 Å². The van der Waals surface area contributed by atoms with Gasteiger partial charge in [0, 0.05) is 0 Å². The third-order valence-corrected chi connectivity index (χ3v) is 2.73. The number of benzene rings is 1. The van der Waals surface area contributed by atoms with Crippen LogP contribution in [0.4, 0.5) is 0 Å². The molecular formula is C13H8O5. The van der Waals surface area contributed by atoms with Crippen molar-refractivity contribution in [2.24, 2.45) is 0 Å². The van der Waals surface area contributed by atoms with Gasteiger partial charge in [-0.25, -0.2) is 9.59 Å². The summed E-state index contributed by atoms with van der Waals surface area (Å²) >= 11 is 0. The van der Waals surface area contributed by atoms with Gasteiger partial charge in [-0.1, -0.05) is 6.07 Å². The quantitative estimate of drug-likeness (QED) is 0.482. The fourth-order valence-corrected chi connectivity index (χ4v) is 1.92. The van der Waals surface area contributed by atoms with Crippen LogP contribution in [0.5, 0.6) is 5.75 Å². The summed E-state index contributed by atoms with van der Waals surface area (Å²) in [6.07, 6.45) is 0. The van der Waals surface area contributed by atoms with Crippen molar-refractivity contribution in [3.8, 4) is 5.75 Å². The van der Waals surface area contributed by atoms with Crippen molar-refractivity contribution in [2.45, 2.75) is 6.92 Å². The van der Waals surface area contributed by atoms with E-state index in [0.717, 1.165) is 11.6 Å². The van der Waals surface area contributed by atoms with Crippen LogP contribution in [0.1, 0.15) is 5.56 Å². The van der Waals surface area contributed by atoms with Crippen LogP contribution >= 0.6 is 0 Å². The van der Waals surface area contributed by atoms with Crippen LogP contribution in [0.3, 0.4) is 0 Å². The van der Waals surface area contributed by atoms with Gasteiger partial charge in [0.25, 0.3) is 0 Å². The minimum atomic E-state index is -0.732. The van der Waals surface area contributed by atoms with Gasteiger partial charge >= 0.3 is 11.3 Å². The van der Waals surface area contributed by atoms with Crippen molar-refractivity contribution >= 4 is 21.9 Å². The van der Waals surface area contributed by atoms with E-state index in [-0.39, 0.29) is 11.0 Å². The first-order chi connectivity index (χ1) is 8.56. The first-order valence-electron chi connectivity index (χ1n) is 5.26. The van der Waals surface area contributed by atoms with Crippen LogP contribution < -0.4 is 11.3 Å². The molecule has 0 aliphatic heterocycles. The van der Waals surface area contributed by atoms with E-state index >= 15 is 0 Å². The van der Waals surface area contributed by atoms with Gasteiger partial charge in [-0.15, -0.1) is 0 Å². The van der Waals surface area contributed by atoms with Crippen molar-refractivity contribution < 1.29 is 13.9 Å². The first kappa shape index (κ1) is 10.6. The number of rotatable bonds is 0. The number of hydrogen-bond acceptors (Lipinski definition) is 5. The first-order valence-corrected chi connectivity index (χ1v) is 5.26. The summed E-state index contributed by atoms with van der Waals surface area (Å²) in [5.74, 6) is -0.433. The van der Waals surface area contributed by atoms with Crippen LogP contribution in [0, 0.1) is 6.92 Å². The second-order valence-electron chi connectivity index (χ2n) is 4.04. The topological polar surface area (TPSA) is 80.6 Å². The molecule has 0 saturated heterocycles. The predicted octanol–water partition coefficient (Wildman–Crippen LogP) is 1.91. The molecule has 90 valence electrons. The molecular weight excluding hydrogens is 236 g/mol. The molecule has 2 heterocycles. The largest absolute Gasteiger partial charge is 0.507 e. The Morgan fingerprint density at radius 3 is 2.67 bits per heavy atom. The van der Waals surface area contributed by atoms with Gasteiger partial charge in [-0.05, 0) is 24.6 Å². The van der Waals surface area contributed by atoms with E-state index in [4.69, 9.17) is 8.83 Å². The maximum absolute atomic E-state index is 11.7. The minimum absolute atomic E-state index is 0.0475. The third kappa shape index (κ3) is 1.41. The highest BCUT2D eigenvalue weighted by atomic mass is 16.4. The summed E-state index contributed by atoms with van der Waals surface area (Å²) in [7, 11) is 0. The molecule has 0 aliphatic rings. The van der Waals surface area contributed by atoms with Crippen LogP contribution in [-0.4, -0.2) is 5.11 Å². The van der Waals surface area contributed by atoms with E-state index in [9.17, 15) is 14.7 Å². The van der Waals surface area contributed by atoms with Crippen LogP contribution in [0.25, 0.3) is 21.9 Å². The standard InChI is InChI=1S/C13H8O5/c1-6-2-3-7-9(4-6)17-13(16)11-8(14)5-10(15)18-12(7)11/h2-5,14H,1H3. The normalized spacial score (nSPS) is 11.2. The van der Waals surface area contributed by atoms with Crippen molar-refractivity contribution in [1.29, 1.82) is 0 Å². The lowest BCUT2D eigenvalue weighted by Gasteiger charge is -2.02. The molecule has 0 fully saturated rings. The molecule has 0 unspecified atom stereocenters. The molecule has 3 aromatic rings. The molecule has 5 nitrogen and oxygen atoms in total. The highest BCUT2D eigenvalue weighted by molar-refractivity contribution is 6.02. The lowest BCUT2D eigenvalue weighted by Crippen LogP contribution is -2.04. The number of aryl methyl sites for hydroxylation is 1. The van der Waals surface area contributed by atoms with E-state index in [1.165, 1.54) is 0 Å². The average molecular weight is 244 g/mol. The molecule has 3 rings (SSSR count). The summed E-state index contributed by atoms with van der Waals surface area (Å²) in [6, 6.07) is 5.99. The maximum Gasteiger partial charge on any atom is 0.351 e. The zero-order chi connectivity index (χ0) is 12.9. The Balaban J connectivity index is 2.70. The molecule has 0 bridgehead atoms. The van der Waals surface area contributed by atoms with Crippen molar-refractivity contribution in [3.63, 3.8) is 0 Å². The summed E-state index contributed by atoms with van der Waals surface area (Å²) in [6.45, 7) is 1.85. The van der Waals surface area contributed by atoms with Crippen molar-refractivity contribution in [2.75, 3.05) is 0 Å². The van der Waals surface area contributed by atoms with Gasteiger partial charge in [0.15, 0.2) is 5.58 Å². The molecule has 5 heteroatoms. The highest BCUT2D eigenvalue weighted by Crippen LogP contribution is 2.26. The van der Waals surface area contributed by atoms with Crippen molar-refractivity contribution in [3.05, 3.63) is 50.7 Å². The molecule has 1 N–H and O–H groups in total. The Hall–Kier alpha value is -2.56. The Morgan fingerprint density at radius 2 is 1.89 bits per heavy atom. The third-order valence-electron chi connectivity index (χ3n) is 2.73. The molecule has 0 aliphatic carbocycles. The van der Waals surface area contributed by atoms with Gasteiger partial charge in [-0.3, -0.25) is 0 Å². The molecule has 0 amide bonds. The fraction of sp³-hybridized carbons (Fsp3) is 0.0769. The van der Waals surface area contributed by atoms with E-state index in [1.54, 1.807) is 18.2 Å². The average Bonchev–Trinajstić information content (AvgIpc) is 2.27. The number of fused-ring (bicyclic) bond motifs is 3. The molecule has 0 spiro atoms. The molecule has 18 heavy (non-hydrogen) atoms. The van der Waals surface area contributed by atoms with E-state index in [2.05, 4.69) is 0 Å².